The first-order valence-corrected chi connectivity index (χ1v) is 7.95. The molecule has 3 aromatic rings. The lowest BCUT2D eigenvalue weighted by Gasteiger charge is -2.32. The number of anilines is 2. The molecule has 1 aromatic heterocycles. The summed E-state index contributed by atoms with van der Waals surface area (Å²) in [6.07, 6.45) is 0. The number of fused-ring (bicyclic) bond motifs is 1. The van der Waals surface area contributed by atoms with Crippen LogP contribution >= 0.6 is 0 Å². The average molecular weight is 354 g/mol. The fourth-order valence-corrected chi connectivity index (χ4v) is 2.90. The minimum absolute atomic E-state index is 0.0811. The lowest BCUT2D eigenvalue weighted by molar-refractivity contribution is 0.546. The fraction of sp³-hybridized carbons (Fsp3) is 0.111. The molecule has 0 aliphatic carbocycles. The van der Waals surface area contributed by atoms with E-state index in [4.69, 9.17) is 5.73 Å². The van der Waals surface area contributed by atoms with Crippen LogP contribution in [0.15, 0.2) is 53.5 Å². The third kappa shape index (κ3) is 2.70. The van der Waals surface area contributed by atoms with E-state index in [1.54, 1.807) is 0 Å². The van der Waals surface area contributed by atoms with Gasteiger partial charge in [0.15, 0.2) is 5.66 Å². The molecule has 0 spiro atoms. The number of guanidine groups is 1. The first-order valence-electron chi connectivity index (χ1n) is 7.95. The molecular formula is C18H16F2N6. The molecule has 6 nitrogen and oxygen atoms in total. The maximum atomic E-state index is 14.0. The van der Waals surface area contributed by atoms with E-state index in [9.17, 15) is 8.78 Å². The summed E-state index contributed by atoms with van der Waals surface area (Å²) < 4.78 is 27.1. The van der Waals surface area contributed by atoms with Gasteiger partial charge in [0.2, 0.25) is 5.96 Å². The second kappa shape index (κ2) is 5.92. The number of nitrogens with two attached hydrogens (primary N) is 1. The number of rotatable bonds is 2. The summed E-state index contributed by atoms with van der Waals surface area (Å²) in [6.45, 7) is 1.86. The number of hydrogen-bond donors (Lipinski definition) is 4. The molecule has 5 N–H and O–H groups in total. The van der Waals surface area contributed by atoms with Crippen LogP contribution in [0.4, 0.5) is 20.2 Å². The Hall–Kier alpha value is -3.26. The molecule has 1 aliphatic heterocycles. The first kappa shape index (κ1) is 16.2. The van der Waals surface area contributed by atoms with Crippen molar-refractivity contribution in [2.75, 3.05) is 10.6 Å². The van der Waals surface area contributed by atoms with Crippen molar-refractivity contribution in [2.45, 2.75) is 12.6 Å². The van der Waals surface area contributed by atoms with Gasteiger partial charge in [0, 0.05) is 23.0 Å². The minimum Gasteiger partial charge on any atom is -0.326 e. The second-order valence-electron chi connectivity index (χ2n) is 6.08. The van der Waals surface area contributed by atoms with Crippen LogP contribution in [0.3, 0.4) is 0 Å². The predicted molar refractivity (Wildman–Crippen MR) is 95.8 cm³/mol. The van der Waals surface area contributed by atoms with Crippen LogP contribution in [-0.4, -0.2) is 16.2 Å². The van der Waals surface area contributed by atoms with Crippen molar-refractivity contribution in [3.63, 3.8) is 0 Å². The Morgan fingerprint density at radius 1 is 1.12 bits per heavy atom. The molecule has 1 atom stereocenters. The van der Waals surface area contributed by atoms with Crippen molar-refractivity contribution in [1.82, 2.24) is 10.2 Å². The lowest BCUT2D eigenvalue weighted by Crippen LogP contribution is -2.44. The van der Waals surface area contributed by atoms with Crippen molar-refractivity contribution in [3.05, 3.63) is 77.1 Å². The Labute approximate surface area is 148 Å². The standard InChI is InChI=1S/C18H16F2N6/c1-10-8-16(26-25-10)18(21)12-4-2-3-5-14(12)22-17(24-18)23-15-7-6-11(19)9-13(15)20/h2-9H,21H2,1H3,(H,25,26)(H2,22,23,24). The Kier molecular flexibility index (Phi) is 3.69. The van der Waals surface area contributed by atoms with Gasteiger partial charge in [-0.3, -0.25) is 10.8 Å². The molecule has 26 heavy (non-hydrogen) atoms. The van der Waals surface area contributed by atoms with Crippen LogP contribution in [0.2, 0.25) is 0 Å². The number of aryl methyl sites for hydroxylation is 1. The van der Waals surface area contributed by atoms with Crippen LogP contribution in [0.25, 0.3) is 0 Å². The highest BCUT2D eigenvalue weighted by atomic mass is 19.1. The zero-order valence-electron chi connectivity index (χ0n) is 13.8. The van der Waals surface area contributed by atoms with Gasteiger partial charge in [-0.2, -0.15) is 5.10 Å². The predicted octanol–water partition coefficient (Wildman–Crippen LogP) is 3.05. The molecule has 0 saturated heterocycles. The van der Waals surface area contributed by atoms with E-state index in [-0.39, 0.29) is 11.6 Å². The number of halogens is 2. The van der Waals surface area contributed by atoms with Crippen molar-refractivity contribution in [3.8, 4) is 0 Å². The fourth-order valence-electron chi connectivity index (χ4n) is 2.90. The molecule has 0 saturated carbocycles. The third-order valence-electron chi connectivity index (χ3n) is 4.16. The topological polar surface area (TPSA) is 91.1 Å². The number of H-pyrrole nitrogens is 1. The van der Waals surface area contributed by atoms with E-state index in [1.807, 2.05) is 37.3 Å². The molecule has 2 heterocycles. The smallest absolute Gasteiger partial charge is 0.203 e. The van der Waals surface area contributed by atoms with E-state index in [2.05, 4.69) is 25.8 Å². The highest BCUT2D eigenvalue weighted by Crippen LogP contribution is 2.36. The lowest BCUT2D eigenvalue weighted by atomic mass is 9.94. The summed E-state index contributed by atoms with van der Waals surface area (Å²) in [7, 11) is 0. The number of aromatic nitrogens is 2. The first-order chi connectivity index (χ1) is 12.5. The number of nitrogens with one attached hydrogen (secondary N) is 3. The van der Waals surface area contributed by atoms with Crippen LogP contribution in [0.1, 0.15) is 17.0 Å². The van der Waals surface area contributed by atoms with Gasteiger partial charge >= 0.3 is 0 Å². The molecule has 0 amide bonds. The molecule has 0 bridgehead atoms. The summed E-state index contributed by atoms with van der Waals surface area (Å²) in [5.41, 5.74) is 8.25. The van der Waals surface area contributed by atoms with E-state index in [1.165, 1.54) is 6.07 Å². The van der Waals surface area contributed by atoms with Crippen LogP contribution in [-0.2, 0) is 5.66 Å². The van der Waals surface area contributed by atoms with Crippen molar-refractivity contribution in [1.29, 1.82) is 0 Å². The van der Waals surface area contributed by atoms with E-state index in [0.717, 1.165) is 29.1 Å². The highest BCUT2D eigenvalue weighted by Gasteiger charge is 2.37. The van der Waals surface area contributed by atoms with Gasteiger partial charge in [-0.1, -0.05) is 18.2 Å². The Bertz CT molecular complexity index is 1010. The molecule has 2 aromatic carbocycles. The van der Waals surface area contributed by atoms with Gasteiger partial charge in [-0.05, 0) is 31.2 Å². The number of benzene rings is 2. The molecule has 4 rings (SSSR count). The second-order valence-corrected chi connectivity index (χ2v) is 6.08. The van der Waals surface area contributed by atoms with E-state index < -0.39 is 17.3 Å². The van der Waals surface area contributed by atoms with Crippen molar-refractivity contribution >= 4 is 17.3 Å². The summed E-state index contributed by atoms with van der Waals surface area (Å²) in [4.78, 5) is 4.53. The van der Waals surface area contributed by atoms with E-state index >= 15 is 0 Å². The summed E-state index contributed by atoms with van der Waals surface area (Å²) in [5.74, 6) is -1.15. The normalized spacial score (nSPS) is 18.7. The van der Waals surface area contributed by atoms with Gasteiger partial charge < -0.3 is 10.6 Å². The van der Waals surface area contributed by atoms with Gasteiger partial charge in [-0.15, -0.1) is 0 Å². The SMILES string of the molecule is Cc1cc(C2(N)N=C(Nc3ccc(F)cc3F)Nc3ccccc32)n[nH]1. The summed E-state index contributed by atoms with van der Waals surface area (Å²) >= 11 is 0. The van der Waals surface area contributed by atoms with Crippen molar-refractivity contribution < 1.29 is 8.78 Å². The minimum atomic E-state index is -1.26. The number of aromatic amines is 1. The van der Waals surface area contributed by atoms with Crippen LogP contribution in [0, 0.1) is 18.6 Å². The maximum Gasteiger partial charge on any atom is 0.203 e. The average Bonchev–Trinajstić information content (AvgIpc) is 3.05. The maximum absolute atomic E-state index is 14.0. The Morgan fingerprint density at radius 2 is 1.92 bits per heavy atom. The number of nitrogens with zero attached hydrogens (tertiary/aromatic N) is 2. The van der Waals surface area contributed by atoms with Gasteiger partial charge in [0.1, 0.15) is 17.3 Å². The molecule has 0 radical (unpaired) electrons. The molecule has 0 fully saturated rings. The largest absolute Gasteiger partial charge is 0.326 e. The molecule has 8 heteroatoms. The highest BCUT2D eigenvalue weighted by molar-refractivity contribution is 6.06. The van der Waals surface area contributed by atoms with Gasteiger partial charge in [-0.25, -0.2) is 13.8 Å². The van der Waals surface area contributed by atoms with E-state index in [0.29, 0.717) is 5.69 Å². The summed E-state index contributed by atoms with van der Waals surface area (Å²) in [6, 6.07) is 12.5. The number of aliphatic imine (C=N–C) groups is 1. The van der Waals surface area contributed by atoms with Gasteiger partial charge in [0.05, 0.1) is 5.69 Å². The molecule has 1 unspecified atom stereocenters. The molecular weight excluding hydrogens is 338 g/mol. The zero-order chi connectivity index (χ0) is 18.3. The number of para-hydroxylation sites is 1. The molecule has 132 valence electrons. The van der Waals surface area contributed by atoms with Gasteiger partial charge in [0.25, 0.3) is 0 Å². The van der Waals surface area contributed by atoms with Crippen LogP contribution < -0.4 is 16.4 Å². The summed E-state index contributed by atoms with van der Waals surface area (Å²) in [5, 5.41) is 13.0. The quantitative estimate of drug-likeness (QED) is 0.569. The van der Waals surface area contributed by atoms with Crippen LogP contribution in [0.5, 0.6) is 0 Å². The van der Waals surface area contributed by atoms with Crippen molar-refractivity contribution in [2.24, 2.45) is 10.7 Å². The Morgan fingerprint density at radius 3 is 2.65 bits per heavy atom. The molecule has 1 aliphatic rings. The monoisotopic (exact) mass is 354 g/mol. The zero-order valence-corrected chi connectivity index (χ0v) is 13.8. The Balaban J connectivity index is 1.79. The third-order valence-corrected chi connectivity index (χ3v) is 4.16. The number of hydrogen-bond acceptors (Lipinski definition) is 5.